The first kappa shape index (κ1) is 11.6. The van der Waals surface area contributed by atoms with Gasteiger partial charge in [0.05, 0.1) is 5.92 Å². The molecule has 1 unspecified atom stereocenters. The summed E-state index contributed by atoms with van der Waals surface area (Å²) >= 11 is 0. The minimum absolute atomic E-state index is 0.0715. The molecule has 1 fully saturated rings. The first-order chi connectivity index (χ1) is 8.66. The molecular weight excluding hydrogens is 224 g/mol. The molecule has 0 radical (unpaired) electrons. The lowest BCUT2D eigenvalue weighted by molar-refractivity contribution is -0.124. The predicted octanol–water partition coefficient (Wildman–Crippen LogP) is 2.19. The highest BCUT2D eigenvalue weighted by molar-refractivity contribution is 5.80. The molecule has 0 bridgehead atoms. The molecule has 96 valence electrons. The molecule has 3 nitrogen and oxygen atoms in total. The van der Waals surface area contributed by atoms with E-state index in [-0.39, 0.29) is 11.8 Å². The van der Waals surface area contributed by atoms with E-state index in [9.17, 15) is 4.79 Å². The topological polar surface area (TPSA) is 41.1 Å². The van der Waals surface area contributed by atoms with Crippen molar-refractivity contribution in [2.24, 2.45) is 11.3 Å². The van der Waals surface area contributed by atoms with Crippen LogP contribution < -0.4 is 10.6 Å². The largest absolute Gasteiger partial charge is 0.384 e. The number of anilines is 1. The standard InChI is InChI=1S/C15H20N2O/c1-15(6-7-15)10-17-14(18)12-8-11-4-2-3-5-13(11)16-9-12/h2-5,12,16H,6-10H2,1H3,(H,17,18). The Bertz CT molecular complexity index is 465. The van der Waals surface area contributed by atoms with Gasteiger partial charge in [-0.3, -0.25) is 4.79 Å². The molecule has 1 aliphatic carbocycles. The average Bonchev–Trinajstić information content (AvgIpc) is 3.14. The lowest BCUT2D eigenvalue weighted by Crippen LogP contribution is -2.40. The van der Waals surface area contributed by atoms with Crippen LogP contribution >= 0.6 is 0 Å². The first-order valence-electron chi connectivity index (χ1n) is 6.76. The van der Waals surface area contributed by atoms with E-state index < -0.39 is 0 Å². The fourth-order valence-electron chi connectivity index (χ4n) is 2.46. The Morgan fingerprint density at radius 1 is 1.44 bits per heavy atom. The van der Waals surface area contributed by atoms with E-state index in [1.165, 1.54) is 24.1 Å². The van der Waals surface area contributed by atoms with Crippen LogP contribution in [0.1, 0.15) is 25.3 Å². The number of hydrogen-bond donors (Lipinski definition) is 2. The molecule has 0 spiro atoms. The third-order valence-electron chi connectivity index (χ3n) is 4.19. The van der Waals surface area contributed by atoms with E-state index in [0.717, 1.165) is 19.5 Å². The number of amides is 1. The SMILES string of the molecule is CC1(CNC(=O)C2CNc3ccccc3C2)CC1. The van der Waals surface area contributed by atoms with E-state index in [4.69, 9.17) is 0 Å². The Balaban J connectivity index is 1.59. The van der Waals surface area contributed by atoms with Crippen molar-refractivity contribution in [2.45, 2.75) is 26.2 Å². The van der Waals surface area contributed by atoms with Crippen LogP contribution in [0.4, 0.5) is 5.69 Å². The summed E-state index contributed by atoms with van der Waals surface area (Å²) in [5.41, 5.74) is 2.81. The summed E-state index contributed by atoms with van der Waals surface area (Å²) in [6.07, 6.45) is 3.35. The summed E-state index contributed by atoms with van der Waals surface area (Å²) in [6.45, 7) is 3.82. The Labute approximate surface area is 108 Å². The van der Waals surface area contributed by atoms with Crippen molar-refractivity contribution < 1.29 is 4.79 Å². The van der Waals surface area contributed by atoms with Gasteiger partial charge in [0.15, 0.2) is 0 Å². The van der Waals surface area contributed by atoms with Crippen LogP contribution in [0.15, 0.2) is 24.3 Å². The summed E-state index contributed by atoms with van der Waals surface area (Å²) < 4.78 is 0. The molecule has 1 saturated carbocycles. The van der Waals surface area contributed by atoms with E-state index in [0.29, 0.717) is 5.41 Å². The van der Waals surface area contributed by atoms with Gasteiger partial charge in [-0.05, 0) is 36.3 Å². The molecule has 1 heterocycles. The van der Waals surface area contributed by atoms with Crippen molar-refractivity contribution in [3.63, 3.8) is 0 Å². The Kier molecular flexibility index (Phi) is 2.77. The Hall–Kier alpha value is -1.51. The van der Waals surface area contributed by atoms with Crippen LogP contribution in [0, 0.1) is 11.3 Å². The van der Waals surface area contributed by atoms with Crippen LogP contribution in [0.2, 0.25) is 0 Å². The molecule has 2 aliphatic rings. The van der Waals surface area contributed by atoms with Gasteiger partial charge >= 0.3 is 0 Å². The molecule has 1 aromatic rings. The number of rotatable bonds is 3. The van der Waals surface area contributed by atoms with Crippen molar-refractivity contribution in [1.82, 2.24) is 5.32 Å². The molecule has 1 aliphatic heterocycles. The maximum atomic E-state index is 12.1. The van der Waals surface area contributed by atoms with Gasteiger partial charge in [0.1, 0.15) is 0 Å². The van der Waals surface area contributed by atoms with Crippen LogP contribution in [0.5, 0.6) is 0 Å². The number of fused-ring (bicyclic) bond motifs is 1. The fraction of sp³-hybridized carbons (Fsp3) is 0.533. The minimum Gasteiger partial charge on any atom is -0.384 e. The molecule has 2 N–H and O–H groups in total. The molecule has 1 aromatic carbocycles. The van der Waals surface area contributed by atoms with Gasteiger partial charge in [0.25, 0.3) is 0 Å². The Morgan fingerprint density at radius 3 is 3.00 bits per heavy atom. The predicted molar refractivity (Wildman–Crippen MR) is 72.5 cm³/mol. The van der Waals surface area contributed by atoms with Gasteiger partial charge in [0.2, 0.25) is 5.91 Å². The molecule has 1 atom stereocenters. The number of para-hydroxylation sites is 1. The molecule has 3 rings (SSSR count). The molecular formula is C15H20N2O. The van der Waals surface area contributed by atoms with Gasteiger partial charge in [-0.15, -0.1) is 0 Å². The van der Waals surface area contributed by atoms with Crippen molar-refractivity contribution in [1.29, 1.82) is 0 Å². The van der Waals surface area contributed by atoms with E-state index in [1.54, 1.807) is 0 Å². The average molecular weight is 244 g/mol. The maximum Gasteiger partial charge on any atom is 0.225 e. The highest BCUT2D eigenvalue weighted by Gasteiger charge is 2.37. The molecule has 18 heavy (non-hydrogen) atoms. The molecule has 0 aromatic heterocycles. The first-order valence-corrected chi connectivity index (χ1v) is 6.76. The second-order valence-corrected chi connectivity index (χ2v) is 5.97. The Morgan fingerprint density at radius 2 is 2.22 bits per heavy atom. The summed E-state index contributed by atoms with van der Waals surface area (Å²) in [6, 6.07) is 8.24. The normalized spacial score (nSPS) is 23.7. The van der Waals surface area contributed by atoms with Crippen LogP contribution in [-0.2, 0) is 11.2 Å². The van der Waals surface area contributed by atoms with Crippen molar-refractivity contribution in [3.05, 3.63) is 29.8 Å². The number of carbonyl (C=O) groups excluding carboxylic acids is 1. The lowest BCUT2D eigenvalue weighted by Gasteiger charge is -2.25. The van der Waals surface area contributed by atoms with Gasteiger partial charge in [-0.25, -0.2) is 0 Å². The number of benzene rings is 1. The molecule has 3 heteroatoms. The molecule has 1 amide bonds. The monoisotopic (exact) mass is 244 g/mol. The zero-order valence-electron chi connectivity index (χ0n) is 10.8. The minimum atomic E-state index is 0.0715. The second-order valence-electron chi connectivity index (χ2n) is 5.97. The quantitative estimate of drug-likeness (QED) is 0.855. The summed E-state index contributed by atoms with van der Waals surface area (Å²) in [7, 11) is 0. The van der Waals surface area contributed by atoms with Crippen LogP contribution in [-0.4, -0.2) is 19.0 Å². The van der Waals surface area contributed by atoms with Gasteiger partial charge in [0, 0.05) is 18.8 Å². The summed E-state index contributed by atoms with van der Waals surface area (Å²) in [5.74, 6) is 0.271. The fourth-order valence-corrected chi connectivity index (χ4v) is 2.46. The van der Waals surface area contributed by atoms with E-state index in [1.807, 2.05) is 12.1 Å². The van der Waals surface area contributed by atoms with Crippen LogP contribution in [0.3, 0.4) is 0 Å². The highest BCUT2D eigenvalue weighted by Crippen LogP contribution is 2.44. The van der Waals surface area contributed by atoms with Gasteiger partial charge in [-0.2, -0.15) is 0 Å². The van der Waals surface area contributed by atoms with Crippen molar-refractivity contribution in [3.8, 4) is 0 Å². The van der Waals surface area contributed by atoms with Crippen LogP contribution in [0.25, 0.3) is 0 Å². The third-order valence-corrected chi connectivity index (χ3v) is 4.19. The van der Waals surface area contributed by atoms with Crippen molar-refractivity contribution in [2.75, 3.05) is 18.4 Å². The van der Waals surface area contributed by atoms with Crippen molar-refractivity contribution >= 4 is 11.6 Å². The number of hydrogen-bond acceptors (Lipinski definition) is 2. The highest BCUT2D eigenvalue weighted by atomic mass is 16.1. The third kappa shape index (κ3) is 2.35. The molecule has 0 saturated heterocycles. The van der Waals surface area contributed by atoms with Gasteiger partial charge < -0.3 is 10.6 Å². The van der Waals surface area contributed by atoms with Gasteiger partial charge in [-0.1, -0.05) is 25.1 Å². The summed E-state index contributed by atoms with van der Waals surface area (Å²) in [4.78, 5) is 12.1. The lowest BCUT2D eigenvalue weighted by atomic mass is 9.93. The van der Waals surface area contributed by atoms with E-state index >= 15 is 0 Å². The number of nitrogens with one attached hydrogen (secondary N) is 2. The smallest absolute Gasteiger partial charge is 0.225 e. The van der Waals surface area contributed by atoms with E-state index in [2.05, 4.69) is 29.7 Å². The zero-order valence-corrected chi connectivity index (χ0v) is 10.8. The number of carbonyl (C=O) groups is 1. The summed E-state index contributed by atoms with van der Waals surface area (Å²) in [5, 5.41) is 6.45. The maximum absolute atomic E-state index is 12.1. The second kappa shape index (κ2) is 4.30. The zero-order chi connectivity index (χ0) is 12.6.